The molecule has 0 fully saturated rings. The third-order valence-electron chi connectivity index (χ3n) is 2.11. The first kappa shape index (κ1) is 12.1. The second-order valence-electron chi connectivity index (χ2n) is 3.37. The summed E-state index contributed by atoms with van der Waals surface area (Å²) in [5.74, 6) is 4.53. The Morgan fingerprint density at radius 3 is 2.67 bits per heavy atom. The average molecular weight is 313 g/mol. The summed E-state index contributed by atoms with van der Waals surface area (Å²) in [6.45, 7) is 4.11. The molecule has 0 radical (unpaired) electrons. The summed E-state index contributed by atoms with van der Waals surface area (Å²) in [7, 11) is 0. The average Bonchev–Trinajstić information content (AvgIpc) is 2.13. The van der Waals surface area contributed by atoms with E-state index in [1.165, 1.54) is 14.7 Å². The molecule has 0 aromatic heterocycles. The van der Waals surface area contributed by atoms with Crippen LogP contribution in [0.4, 0.5) is 0 Å². The number of hydrogen-bond donors (Lipinski definition) is 1. The van der Waals surface area contributed by atoms with Crippen LogP contribution in [0.1, 0.15) is 16.7 Å². The maximum absolute atomic E-state index is 10.4. The minimum absolute atomic E-state index is 0.574. The van der Waals surface area contributed by atoms with Crippen LogP contribution in [0.15, 0.2) is 12.1 Å². The molecule has 78 valence electrons. The van der Waals surface area contributed by atoms with Crippen LogP contribution in [-0.4, -0.2) is 5.91 Å². The van der Waals surface area contributed by atoms with Crippen molar-refractivity contribution in [1.82, 2.24) is 0 Å². The zero-order valence-electron chi connectivity index (χ0n) is 8.73. The van der Waals surface area contributed by atoms with Crippen LogP contribution in [-0.2, 0) is 11.2 Å². The highest BCUT2D eigenvalue weighted by molar-refractivity contribution is 14.1. The number of carbonyl (C=O) groups is 1. The largest absolute Gasteiger partial charge is 0.359 e. The minimum Gasteiger partial charge on any atom is -0.359 e. The topological polar surface area (TPSA) is 43.1 Å². The lowest BCUT2D eigenvalue weighted by molar-refractivity contribution is -0.112. The number of primary amides is 1. The standard InChI is InChI=1S/C12H12INO/c1-8-7-11(13)9(2)6-10(8)4-3-5-12(14)15/h6-7H,4H2,1-2H3,(H2,14,15). The summed E-state index contributed by atoms with van der Waals surface area (Å²) >= 11 is 2.30. The molecule has 0 aliphatic heterocycles. The number of halogens is 1. The quantitative estimate of drug-likeness (QED) is 0.625. The molecule has 0 aliphatic rings. The first-order valence-electron chi connectivity index (χ1n) is 4.54. The van der Waals surface area contributed by atoms with Crippen molar-refractivity contribution >= 4 is 28.5 Å². The predicted molar refractivity (Wildman–Crippen MR) is 69.3 cm³/mol. The van der Waals surface area contributed by atoms with Crippen molar-refractivity contribution in [2.75, 3.05) is 0 Å². The molecule has 1 aromatic carbocycles. The van der Waals surface area contributed by atoms with E-state index in [-0.39, 0.29) is 0 Å². The molecule has 15 heavy (non-hydrogen) atoms. The van der Waals surface area contributed by atoms with Gasteiger partial charge < -0.3 is 5.73 Å². The third kappa shape index (κ3) is 3.56. The van der Waals surface area contributed by atoms with Crippen molar-refractivity contribution in [2.45, 2.75) is 20.3 Å². The van der Waals surface area contributed by atoms with Gasteiger partial charge in [-0.05, 0) is 65.1 Å². The fourth-order valence-corrected chi connectivity index (χ4v) is 1.88. The van der Waals surface area contributed by atoms with Gasteiger partial charge in [-0.3, -0.25) is 4.79 Å². The minimum atomic E-state index is -0.574. The fourth-order valence-electron chi connectivity index (χ4n) is 1.26. The molecule has 1 amide bonds. The lowest BCUT2D eigenvalue weighted by Crippen LogP contribution is -2.06. The number of nitrogens with two attached hydrogens (primary N) is 1. The molecule has 1 aromatic rings. The third-order valence-corrected chi connectivity index (χ3v) is 3.27. The Morgan fingerprint density at radius 2 is 2.07 bits per heavy atom. The molecule has 2 N–H and O–H groups in total. The Balaban J connectivity index is 2.93. The molecule has 0 heterocycles. The Kier molecular flexibility index (Phi) is 4.15. The van der Waals surface area contributed by atoms with Gasteiger partial charge in [0.15, 0.2) is 0 Å². The Bertz CT molecular complexity index is 455. The van der Waals surface area contributed by atoms with Crippen LogP contribution in [0, 0.1) is 29.3 Å². The fraction of sp³-hybridized carbons (Fsp3) is 0.250. The van der Waals surface area contributed by atoms with E-state index >= 15 is 0 Å². The lowest BCUT2D eigenvalue weighted by atomic mass is 10.0. The summed E-state index contributed by atoms with van der Waals surface area (Å²) in [5, 5.41) is 0. The van der Waals surface area contributed by atoms with Crippen molar-refractivity contribution in [1.29, 1.82) is 0 Å². The molecule has 0 saturated carbocycles. The van der Waals surface area contributed by atoms with Crippen LogP contribution >= 0.6 is 22.6 Å². The molecule has 0 saturated heterocycles. The van der Waals surface area contributed by atoms with Crippen molar-refractivity contribution in [3.8, 4) is 11.8 Å². The maximum Gasteiger partial charge on any atom is 0.293 e. The Hall–Kier alpha value is -1.02. The molecule has 0 spiro atoms. The zero-order chi connectivity index (χ0) is 11.4. The summed E-state index contributed by atoms with van der Waals surface area (Å²) in [4.78, 5) is 10.4. The molecule has 2 nitrogen and oxygen atoms in total. The van der Waals surface area contributed by atoms with Crippen molar-refractivity contribution in [3.05, 3.63) is 32.4 Å². The van der Waals surface area contributed by atoms with Crippen LogP contribution in [0.2, 0.25) is 0 Å². The number of rotatable bonds is 1. The van der Waals surface area contributed by atoms with Crippen molar-refractivity contribution in [2.24, 2.45) is 5.73 Å². The highest BCUT2D eigenvalue weighted by Gasteiger charge is 2.01. The molecule has 0 unspecified atom stereocenters. The van der Waals surface area contributed by atoms with Gasteiger partial charge in [-0.25, -0.2) is 0 Å². The first-order chi connectivity index (χ1) is 7.00. The van der Waals surface area contributed by atoms with E-state index < -0.39 is 5.91 Å². The van der Waals surface area contributed by atoms with Gasteiger partial charge in [-0.15, -0.1) is 0 Å². The molecular weight excluding hydrogens is 301 g/mol. The highest BCUT2D eigenvalue weighted by atomic mass is 127. The van der Waals surface area contributed by atoms with E-state index in [4.69, 9.17) is 5.73 Å². The van der Waals surface area contributed by atoms with Crippen LogP contribution in [0.3, 0.4) is 0 Å². The predicted octanol–water partition coefficient (Wildman–Crippen LogP) is 1.94. The van der Waals surface area contributed by atoms with Crippen LogP contribution in [0.5, 0.6) is 0 Å². The Morgan fingerprint density at radius 1 is 1.40 bits per heavy atom. The van der Waals surface area contributed by atoms with Crippen LogP contribution < -0.4 is 5.73 Å². The smallest absolute Gasteiger partial charge is 0.293 e. The first-order valence-corrected chi connectivity index (χ1v) is 5.62. The van der Waals surface area contributed by atoms with E-state index in [9.17, 15) is 4.79 Å². The van der Waals surface area contributed by atoms with Crippen molar-refractivity contribution in [3.63, 3.8) is 0 Å². The molecule has 0 bridgehead atoms. The molecule has 0 aliphatic carbocycles. The zero-order valence-corrected chi connectivity index (χ0v) is 10.9. The van der Waals surface area contributed by atoms with Gasteiger partial charge in [0.05, 0.1) is 0 Å². The molecule has 1 rings (SSSR count). The normalized spacial score (nSPS) is 9.27. The van der Waals surface area contributed by atoms with E-state index in [0.29, 0.717) is 6.42 Å². The summed E-state index contributed by atoms with van der Waals surface area (Å²) in [6, 6.07) is 4.23. The second kappa shape index (κ2) is 5.17. The lowest BCUT2D eigenvalue weighted by Gasteiger charge is -2.05. The van der Waals surface area contributed by atoms with Gasteiger partial charge in [0.25, 0.3) is 5.91 Å². The van der Waals surface area contributed by atoms with E-state index in [2.05, 4.69) is 53.5 Å². The molecule has 3 heteroatoms. The number of aryl methyl sites for hydroxylation is 2. The SMILES string of the molecule is Cc1cc(CC#CC(N)=O)c(C)cc1I. The van der Waals surface area contributed by atoms with E-state index in [1.807, 2.05) is 6.92 Å². The van der Waals surface area contributed by atoms with Gasteiger partial charge in [0.1, 0.15) is 0 Å². The Labute approximate surface area is 103 Å². The van der Waals surface area contributed by atoms with Crippen molar-refractivity contribution < 1.29 is 4.79 Å². The summed E-state index contributed by atoms with van der Waals surface area (Å²) in [5.41, 5.74) is 8.52. The van der Waals surface area contributed by atoms with Gasteiger partial charge >= 0.3 is 0 Å². The highest BCUT2D eigenvalue weighted by Crippen LogP contribution is 2.17. The van der Waals surface area contributed by atoms with Gasteiger partial charge in [0, 0.05) is 9.99 Å². The van der Waals surface area contributed by atoms with Gasteiger partial charge in [-0.2, -0.15) is 0 Å². The number of amides is 1. The summed E-state index contributed by atoms with van der Waals surface area (Å²) in [6.07, 6.45) is 0.576. The van der Waals surface area contributed by atoms with E-state index in [0.717, 1.165) is 5.56 Å². The number of hydrogen-bond acceptors (Lipinski definition) is 1. The second-order valence-corrected chi connectivity index (χ2v) is 4.53. The van der Waals surface area contributed by atoms with E-state index in [1.54, 1.807) is 0 Å². The summed E-state index contributed by atoms with van der Waals surface area (Å²) < 4.78 is 1.25. The number of carbonyl (C=O) groups excluding carboxylic acids is 1. The van der Waals surface area contributed by atoms with Gasteiger partial charge in [-0.1, -0.05) is 12.0 Å². The monoisotopic (exact) mass is 313 g/mol. The maximum atomic E-state index is 10.4. The van der Waals surface area contributed by atoms with Crippen LogP contribution in [0.25, 0.3) is 0 Å². The molecule has 0 atom stereocenters. The number of benzene rings is 1. The molecular formula is C12H12INO. The van der Waals surface area contributed by atoms with Gasteiger partial charge in [0.2, 0.25) is 0 Å².